The molecule has 0 aliphatic rings. The maximum Gasteiger partial charge on any atom is 0 e. The van der Waals surface area contributed by atoms with Crippen LogP contribution in [-0.2, 0) is 34.1 Å². The largest absolute Gasteiger partial charge is 0.181 e. The van der Waals surface area contributed by atoms with Crippen molar-refractivity contribution in [1.29, 1.82) is 0 Å². The standard InChI is InChI=1S/2Cu.H4O2/c;;1-2/h;;1-2H2/q;;+2. The molecule has 0 amide bonds. The summed E-state index contributed by atoms with van der Waals surface area (Å²) in [6.07, 6.45) is 0. The second-order valence-corrected chi connectivity index (χ2v) is 0. The molecule has 36 valence electrons. The zero-order valence-electron chi connectivity index (χ0n) is 1.60. The zero-order chi connectivity index (χ0) is 2.00. The van der Waals surface area contributed by atoms with Gasteiger partial charge in [0.25, 0.3) is 0 Å². The van der Waals surface area contributed by atoms with E-state index in [0.717, 1.165) is 0 Å². The Balaban J connectivity index is -0.00000000500. The number of hydrogen-bond acceptors (Lipinski definition) is 0. The van der Waals surface area contributed by atoms with E-state index in [0.29, 0.717) is 0 Å². The van der Waals surface area contributed by atoms with Crippen LogP contribution in [0.2, 0.25) is 0 Å². The molecule has 4 heavy (non-hydrogen) atoms. The molecule has 0 aromatic heterocycles. The Morgan fingerprint density at radius 2 is 0.750 bits per heavy atom. The number of rotatable bonds is 0. The molecule has 0 rings (SSSR count). The predicted molar refractivity (Wildman–Crippen MR) is 7.23 cm³/mol. The van der Waals surface area contributed by atoms with Gasteiger partial charge in [-0.15, -0.1) is 0 Å². The van der Waals surface area contributed by atoms with Crippen molar-refractivity contribution in [3.8, 4) is 0 Å². The quantitative estimate of drug-likeness (QED) is 0.178. The number of hydrogen-bond donors (Lipinski definition) is 0. The fourth-order valence-electron chi connectivity index (χ4n) is 0. The van der Waals surface area contributed by atoms with E-state index in [1.165, 1.54) is 0 Å². The first kappa shape index (κ1) is 20.3. The van der Waals surface area contributed by atoms with Crippen LogP contribution >= 0.6 is 0 Å². The molecule has 4 N–H and O–H groups in total. The van der Waals surface area contributed by atoms with Crippen molar-refractivity contribution >= 4 is 0 Å². The molecule has 0 aliphatic heterocycles. The molecule has 4 heteroatoms. The summed E-state index contributed by atoms with van der Waals surface area (Å²) in [6, 6.07) is 0. The van der Waals surface area contributed by atoms with Crippen LogP contribution in [0.3, 0.4) is 0 Å². The summed E-state index contributed by atoms with van der Waals surface area (Å²) in [5.74, 6) is 0. The third kappa shape index (κ3) is 12.3. The maximum absolute atomic E-state index is 5.00. The van der Waals surface area contributed by atoms with Gasteiger partial charge in [0, 0.05) is 34.1 Å². The average Bonchev–Trinajstić information content (AvgIpc) is 1.00. The van der Waals surface area contributed by atoms with Gasteiger partial charge < -0.3 is 0 Å². The molecule has 2 radical (unpaired) electrons. The monoisotopic (exact) mass is 162 g/mol. The van der Waals surface area contributed by atoms with E-state index < -0.39 is 0 Å². The minimum Gasteiger partial charge on any atom is -0.181 e. The molecule has 0 saturated heterocycles. The van der Waals surface area contributed by atoms with Gasteiger partial charge in [-0.25, -0.2) is 0 Å². The van der Waals surface area contributed by atoms with E-state index >= 15 is 0 Å². The van der Waals surface area contributed by atoms with Crippen LogP contribution in [0.5, 0.6) is 0 Å². The average molecular weight is 163 g/mol. The van der Waals surface area contributed by atoms with Gasteiger partial charge in [0.05, 0.1) is 0 Å². The Morgan fingerprint density at radius 3 is 0.750 bits per heavy atom. The molecule has 0 unspecified atom stereocenters. The van der Waals surface area contributed by atoms with E-state index in [-0.39, 0.29) is 34.1 Å². The van der Waals surface area contributed by atoms with E-state index in [1.807, 2.05) is 0 Å². The van der Waals surface area contributed by atoms with E-state index in [9.17, 15) is 0 Å². The molecule has 0 aliphatic carbocycles. The van der Waals surface area contributed by atoms with Crippen LogP contribution in [0.25, 0.3) is 0 Å². The fraction of sp³-hybridized carbons (Fsp3) is 0. The molecule has 0 fully saturated rings. The van der Waals surface area contributed by atoms with E-state index in [2.05, 4.69) is 0 Å². The topological polar surface area (TPSA) is 45.8 Å². The van der Waals surface area contributed by atoms with Crippen molar-refractivity contribution in [2.45, 2.75) is 0 Å². The van der Waals surface area contributed by atoms with E-state index in [1.54, 1.807) is 0 Å². The van der Waals surface area contributed by atoms with Crippen molar-refractivity contribution in [3.05, 3.63) is 0 Å². The summed E-state index contributed by atoms with van der Waals surface area (Å²) in [5.41, 5.74) is 0. The summed E-state index contributed by atoms with van der Waals surface area (Å²) in [5, 5.41) is 10.0. The Morgan fingerprint density at radius 1 is 0.750 bits per heavy atom. The molecule has 0 atom stereocenters. The van der Waals surface area contributed by atoms with Crippen LogP contribution in [0, 0.1) is 0 Å². The molecule has 0 bridgehead atoms. The van der Waals surface area contributed by atoms with Crippen molar-refractivity contribution in [1.82, 2.24) is 0 Å². The predicted octanol–water partition coefficient (Wildman–Crippen LogP) is -1.65. The maximum atomic E-state index is 5.00. The van der Waals surface area contributed by atoms with Crippen LogP contribution in [0.1, 0.15) is 0 Å². The van der Waals surface area contributed by atoms with Gasteiger partial charge >= 0.3 is 0 Å². The normalized spacial score (nSPS) is 1.50. The summed E-state index contributed by atoms with van der Waals surface area (Å²) in [4.78, 5) is 0. The first-order valence-corrected chi connectivity index (χ1v) is 0.250. The van der Waals surface area contributed by atoms with Gasteiger partial charge in [-0.3, -0.25) is 0 Å². The Labute approximate surface area is 45.1 Å². The molecule has 0 heterocycles. The van der Waals surface area contributed by atoms with E-state index in [4.69, 9.17) is 10.5 Å². The minimum atomic E-state index is 0. The Kier molecular flexibility index (Phi) is 191. The van der Waals surface area contributed by atoms with Gasteiger partial charge in [-0.05, 0) is 0 Å². The first-order chi connectivity index (χ1) is 1.00. The first-order valence-electron chi connectivity index (χ1n) is 0.250. The smallest absolute Gasteiger partial charge is 0 e. The second kappa shape index (κ2) is 37.7. The van der Waals surface area contributed by atoms with Gasteiger partial charge in [-0.1, -0.05) is 0 Å². The Hall–Kier alpha value is 0.959. The summed E-state index contributed by atoms with van der Waals surface area (Å²) >= 11 is 0. The summed E-state index contributed by atoms with van der Waals surface area (Å²) in [7, 11) is 0. The van der Waals surface area contributed by atoms with Gasteiger partial charge in [0.2, 0.25) is 0 Å². The van der Waals surface area contributed by atoms with Crippen LogP contribution in [0.4, 0.5) is 0 Å². The summed E-state index contributed by atoms with van der Waals surface area (Å²) in [6.45, 7) is 0. The molecular weight excluding hydrogens is 159 g/mol. The second-order valence-electron chi connectivity index (χ2n) is 0. The SMILES string of the molecule is [Cu].[Cu].[OH2+][OH2+]. The molecular formula is H4Cu2O2+2. The van der Waals surface area contributed by atoms with Crippen LogP contribution < -0.4 is 0 Å². The molecule has 0 spiro atoms. The third-order valence-corrected chi connectivity index (χ3v) is 0. The third-order valence-electron chi connectivity index (χ3n) is 0. The van der Waals surface area contributed by atoms with Gasteiger partial charge in [0.1, 0.15) is 0 Å². The summed E-state index contributed by atoms with van der Waals surface area (Å²) < 4.78 is 0. The van der Waals surface area contributed by atoms with Crippen molar-refractivity contribution in [3.63, 3.8) is 0 Å². The van der Waals surface area contributed by atoms with Crippen LogP contribution in [-0.4, -0.2) is 10.5 Å². The van der Waals surface area contributed by atoms with Gasteiger partial charge in [0.15, 0.2) is 0 Å². The Bertz CT molecular complexity index is 4.00. The molecule has 0 aromatic carbocycles. The zero-order valence-corrected chi connectivity index (χ0v) is 3.49. The van der Waals surface area contributed by atoms with Gasteiger partial charge in [-0.2, -0.15) is 10.5 Å². The van der Waals surface area contributed by atoms with Crippen molar-refractivity contribution in [2.75, 3.05) is 0 Å². The molecule has 0 saturated carbocycles. The minimum absolute atomic E-state index is 0. The van der Waals surface area contributed by atoms with Crippen molar-refractivity contribution < 1.29 is 44.7 Å². The molecule has 0 aromatic rings. The molecule has 2 nitrogen and oxygen atoms in total. The fourth-order valence-corrected chi connectivity index (χ4v) is 0. The van der Waals surface area contributed by atoms with Crippen LogP contribution in [0.15, 0.2) is 0 Å². The van der Waals surface area contributed by atoms with Crippen molar-refractivity contribution in [2.24, 2.45) is 0 Å².